The maximum atomic E-state index is 13.0. The molecule has 2 nitrogen and oxygen atoms in total. The van der Waals surface area contributed by atoms with Crippen LogP contribution in [0.3, 0.4) is 0 Å². The Morgan fingerprint density at radius 2 is 1.35 bits per heavy atom. The fourth-order valence-corrected chi connectivity index (χ4v) is 3.10. The predicted molar refractivity (Wildman–Crippen MR) is 102 cm³/mol. The van der Waals surface area contributed by atoms with E-state index in [1.807, 2.05) is 67.6 Å². The monoisotopic (exact) mass is 347 g/mol. The second-order valence-electron chi connectivity index (χ2n) is 6.53. The van der Waals surface area contributed by atoms with E-state index in [1.165, 1.54) is 12.1 Å². The topological polar surface area (TPSA) is 29.1 Å². The van der Waals surface area contributed by atoms with E-state index in [0.717, 1.165) is 16.7 Å². The fraction of sp³-hybridized carbons (Fsp3) is 0.174. The number of halogens is 1. The predicted octanol–water partition coefficient (Wildman–Crippen LogP) is 4.84. The van der Waals surface area contributed by atoms with Crippen molar-refractivity contribution in [2.75, 3.05) is 0 Å². The molecule has 26 heavy (non-hydrogen) atoms. The van der Waals surface area contributed by atoms with Gasteiger partial charge in [0.2, 0.25) is 5.91 Å². The SMILES string of the molecule is CC(NC(=O)CCc1ccc(F)cc1)(c1ccccc1)c1ccccc1. The van der Waals surface area contributed by atoms with Crippen LogP contribution in [0.25, 0.3) is 0 Å². The summed E-state index contributed by atoms with van der Waals surface area (Å²) in [5.74, 6) is -0.302. The van der Waals surface area contributed by atoms with E-state index in [4.69, 9.17) is 0 Å². The average molecular weight is 347 g/mol. The number of hydrogen-bond acceptors (Lipinski definition) is 1. The Morgan fingerprint density at radius 3 is 1.85 bits per heavy atom. The summed E-state index contributed by atoms with van der Waals surface area (Å²) in [7, 11) is 0. The minimum atomic E-state index is -0.609. The molecule has 1 amide bonds. The van der Waals surface area contributed by atoms with Crippen molar-refractivity contribution in [2.24, 2.45) is 0 Å². The van der Waals surface area contributed by atoms with Gasteiger partial charge in [0.25, 0.3) is 0 Å². The lowest BCUT2D eigenvalue weighted by Crippen LogP contribution is -2.44. The molecule has 0 saturated heterocycles. The molecule has 3 heteroatoms. The van der Waals surface area contributed by atoms with Crippen LogP contribution in [0.1, 0.15) is 30.0 Å². The maximum Gasteiger partial charge on any atom is 0.221 e. The summed E-state index contributed by atoms with van der Waals surface area (Å²) in [6, 6.07) is 26.2. The molecule has 1 N–H and O–H groups in total. The zero-order chi connectivity index (χ0) is 18.4. The third-order valence-electron chi connectivity index (χ3n) is 4.65. The second kappa shape index (κ2) is 7.96. The van der Waals surface area contributed by atoms with Gasteiger partial charge >= 0.3 is 0 Å². The molecule has 0 radical (unpaired) electrons. The molecular weight excluding hydrogens is 325 g/mol. The van der Waals surface area contributed by atoms with Crippen molar-refractivity contribution in [3.63, 3.8) is 0 Å². The van der Waals surface area contributed by atoms with Gasteiger partial charge in [-0.25, -0.2) is 4.39 Å². The van der Waals surface area contributed by atoms with Crippen molar-refractivity contribution < 1.29 is 9.18 Å². The number of benzene rings is 3. The number of rotatable bonds is 6. The molecule has 0 fully saturated rings. The molecule has 0 saturated carbocycles. The van der Waals surface area contributed by atoms with Gasteiger partial charge in [0.15, 0.2) is 0 Å². The molecule has 3 aromatic rings. The molecule has 0 aliphatic carbocycles. The van der Waals surface area contributed by atoms with Crippen LogP contribution in [-0.2, 0) is 16.8 Å². The van der Waals surface area contributed by atoms with Crippen LogP contribution < -0.4 is 5.32 Å². The Balaban J connectivity index is 1.77. The van der Waals surface area contributed by atoms with Gasteiger partial charge in [0.1, 0.15) is 5.82 Å². The molecular formula is C23H22FNO. The Bertz CT molecular complexity index is 805. The van der Waals surface area contributed by atoms with E-state index in [0.29, 0.717) is 12.8 Å². The molecule has 0 spiro atoms. The summed E-state index contributed by atoms with van der Waals surface area (Å²) < 4.78 is 13.0. The molecule has 3 rings (SSSR count). The molecule has 0 aliphatic rings. The average Bonchev–Trinajstić information content (AvgIpc) is 2.69. The van der Waals surface area contributed by atoms with Gasteiger partial charge in [0.05, 0.1) is 5.54 Å². The Hall–Kier alpha value is -2.94. The Labute approximate surface area is 153 Å². The first-order chi connectivity index (χ1) is 12.6. The van der Waals surface area contributed by atoms with Crippen LogP contribution in [0, 0.1) is 5.82 Å². The first-order valence-corrected chi connectivity index (χ1v) is 8.74. The quantitative estimate of drug-likeness (QED) is 0.679. The van der Waals surface area contributed by atoms with Crippen molar-refractivity contribution in [2.45, 2.75) is 25.3 Å². The summed E-state index contributed by atoms with van der Waals surface area (Å²) in [6.07, 6.45) is 0.923. The molecule has 0 aliphatic heterocycles. The number of nitrogens with one attached hydrogen (secondary N) is 1. The Kier molecular flexibility index (Phi) is 5.47. The number of aryl methyl sites for hydroxylation is 1. The summed E-state index contributed by atoms with van der Waals surface area (Å²) >= 11 is 0. The summed E-state index contributed by atoms with van der Waals surface area (Å²) in [4.78, 5) is 12.7. The zero-order valence-corrected chi connectivity index (χ0v) is 14.8. The molecule has 0 bridgehead atoms. The highest BCUT2D eigenvalue weighted by Crippen LogP contribution is 2.29. The van der Waals surface area contributed by atoms with Gasteiger partial charge in [-0.3, -0.25) is 4.79 Å². The molecule has 0 heterocycles. The van der Waals surface area contributed by atoms with Gasteiger partial charge in [-0.1, -0.05) is 72.8 Å². The van der Waals surface area contributed by atoms with Crippen molar-refractivity contribution in [1.82, 2.24) is 5.32 Å². The van der Waals surface area contributed by atoms with E-state index in [1.54, 1.807) is 12.1 Å². The van der Waals surface area contributed by atoms with Gasteiger partial charge in [-0.15, -0.1) is 0 Å². The van der Waals surface area contributed by atoms with Crippen LogP contribution in [0.4, 0.5) is 4.39 Å². The summed E-state index contributed by atoms with van der Waals surface area (Å²) in [6.45, 7) is 2.02. The Morgan fingerprint density at radius 1 is 0.846 bits per heavy atom. The lowest BCUT2D eigenvalue weighted by atomic mass is 9.84. The van der Waals surface area contributed by atoms with Crippen LogP contribution in [-0.4, -0.2) is 5.91 Å². The van der Waals surface area contributed by atoms with Crippen molar-refractivity contribution >= 4 is 5.91 Å². The molecule has 132 valence electrons. The van der Waals surface area contributed by atoms with Crippen molar-refractivity contribution in [3.8, 4) is 0 Å². The third-order valence-corrected chi connectivity index (χ3v) is 4.65. The maximum absolute atomic E-state index is 13.0. The summed E-state index contributed by atoms with van der Waals surface area (Å²) in [5.41, 5.74) is 2.40. The lowest BCUT2D eigenvalue weighted by molar-refractivity contribution is -0.122. The standard InChI is InChI=1S/C23H22FNO/c1-23(19-8-4-2-5-9-19,20-10-6-3-7-11-20)25-22(26)17-14-18-12-15-21(24)16-13-18/h2-13,15-16H,14,17H2,1H3,(H,25,26). The van der Waals surface area contributed by atoms with Crippen LogP contribution in [0.2, 0.25) is 0 Å². The van der Waals surface area contributed by atoms with E-state index >= 15 is 0 Å². The second-order valence-corrected chi connectivity index (χ2v) is 6.53. The van der Waals surface area contributed by atoms with E-state index in [2.05, 4.69) is 5.32 Å². The normalized spacial score (nSPS) is 11.2. The number of carbonyl (C=O) groups is 1. The molecule has 0 atom stereocenters. The molecule has 0 unspecified atom stereocenters. The minimum absolute atomic E-state index is 0.0375. The van der Waals surface area contributed by atoms with Crippen molar-refractivity contribution in [3.05, 3.63) is 107 Å². The van der Waals surface area contributed by atoms with E-state index in [-0.39, 0.29) is 11.7 Å². The highest BCUT2D eigenvalue weighted by molar-refractivity contribution is 5.78. The largest absolute Gasteiger partial charge is 0.343 e. The van der Waals surface area contributed by atoms with Gasteiger partial charge in [-0.05, 0) is 42.2 Å². The van der Waals surface area contributed by atoms with Crippen molar-refractivity contribution in [1.29, 1.82) is 0 Å². The smallest absolute Gasteiger partial charge is 0.221 e. The summed E-state index contributed by atoms with van der Waals surface area (Å²) in [5, 5.41) is 3.19. The van der Waals surface area contributed by atoms with Gasteiger partial charge < -0.3 is 5.32 Å². The first-order valence-electron chi connectivity index (χ1n) is 8.74. The zero-order valence-electron chi connectivity index (χ0n) is 14.8. The highest BCUT2D eigenvalue weighted by atomic mass is 19.1. The van der Waals surface area contributed by atoms with Gasteiger partial charge in [-0.2, -0.15) is 0 Å². The van der Waals surface area contributed by atoms with Gasteiger partial charge in [0, 0.05) is 6.42 Å². The van der Waals surface area contributed by atoms with Crippen LogP contribution >= 0.6 is 0 Å². The third kappa shape index (κ3) is 4.17. The number of carbonyl (C=O) groups excluding carboxylic acids is 1. The lowest BCUT2D eigenvalue weighted by Gasteiger charge is -2.32. The van der Waals surface area contributed by atoms with Crippen LogP contribution in [0.15, 0.2) is 84.9 Å². The van der Waals surface area contributed by atoms with Crippen LogP contribution in [0.5, 0.6) is 0 Å². The molecule has 3 aromatic carbocycles. The highest BCUT2D eigenvalue weighted by Gasteiger charge is 2.30. The fourth-order valence-electron chi connectivity index (χ4n) is 3.10. The number of hydrogen-bond donors (Lipinski definition) is 1. The number of amides is 1. The van der Waals surface area contributed by atoms with E-state index in [9.17, 15) is 9.18 Å². The van der Waals surface area contributed by atoms with E-state index < -0.39 is 5.54 Å². The molecule has 0 aromatic heterocycles. The first kappa shape index (κ1) is 17.9. The minimum Gasteiger partial charge on any atom is -0.343 e.